The maximum absolute atomic E-state index is 9.10. The number of hydrogen-bond donors (Lipinski definition) is 1. The Balaban J connectivity index is 2.71. The SMILES string of the molecule is CC(O)CCc1cccc(Cl)c1Cl. The van der Waals surface area contributed by atoms with E-state index in [1.807, 2.05) is 12.1 Å². The molecule has 1 aromatic rings. The van der Waals surface area contributed by atoms with Crippen LogP contribution in [-0.2, 0) is 6.42 Å². The summed E-state index contributed by atoms with van der Waals surface area (Å²) in [5, 5.41) is 10.3. The van der Waals surface area contributed by atoms with E-state index in [4.69, 9.17) is 28.3 Å². The molecule has 0 saturated carbocycles. The van der Waals surface area contributed by atoms with Crippen molar-refractivity contribution in [3.8, 4) is 0 Å². The van der Waals surface area contributed by atoms with Gasteiger partial charge in [0.2, 0.25) is 0 Å². The van der Waals surface area contributed by atoms with Gasteiger partial charge in [0.25, 0.3) is 0 Å². The highest BCUT2D eigenvalue weighted by atomic mass is 35.5. The van der Waals surface area contributed by atoms with Gasteiger partial charge in [-0.2, -0.15) is 0 Å². The van der Waals surface area contributed by atoms with Crippen LogP contribution >= 0.6 is 23.2 Å². The molecule has 1 unspecified atom stereocenters. The highest BCUT2D eigenvalue weighted by Gasteiger charge is 2.05. The van der Waals surface area contributed by atoms with Crippen molar-refractivity contribution < 1.29 is 5.11 Å². The minimum atomic E-state index is -0.296. The van der Waals surface area contributed by atoms with Gasteiger partial charge in [-0.3, -0.25) is 0 Å². The third-order valence-electron chi connectivity index (χ3n) is 1.86. The van der Waals surface area contributed by atoms with Crippen molar-refractivity contribution in [2.75, 3.05) is 0 Å². The third kappa shape index (κ3) is 3.18. The summed E-state index contributed by atoms with van der Waals surface area (Å²) < 4.78 is 0. The molecule has 0 amide bonds. The van der Waals surface area contributed by atoms with Gasteiger partial charge >= 0.3 is 0 Å². The van der Waals surface area contributed by atoms with E-state index in [-0.39, 0.29) is 6.10 Å². The summed E-state index contributed by atoms with van der Waals surface area (Å²) in [4.78, 5) is 0. The van der Waals surface area contributed by atoms with Crippen LogP contribution in [0.1, 0.15) is 18.9 Å². The van der Waals surface area contributed by atoms with Gasteiger partial charge in [0.05, 0.1) is 16.1 Å². The fraction of sp³-hybridized carbons (Fsp3) is 0.400. The summed E-state index contributed by atoms with van der Waals surface area (Å²) in [5.41, 5.74) is 0.995. The average Bonchev–Trinajstić information content (AvgIpc) is 2.07. The van der Waals surface area contributed by atoms with E-state index < -0.39 is 0 Å². The lowest BCUT2D eigenvalue weighted by molar-refractivity contribution is 0.185. The van der Waals surface area contributed by atoms with Gasteiger partial charge < -0.3 is 5.11 Å². The zero-order valence-corrected chi connectivity index (χ0v) is 8.94. The minimum Gasteiger partial charge on any atom is -0.393 e. The van der Waals surface area contributed by atoms with Crippen LogP contribution in [0.2, 0.25) is 10.0 Å². The van der Waals surface area contributed by atoms with Crippen molar-refractivity contribution in [3.63, 3.8) is 0 Å². The zero-order valence-electron chi connectivity index (χ0n) is 7.43. The highest BCUT2D eigenvalue weighted by Crippen LogP contribution is 2.26. The van der Waals surface area contributed by atoms with Gasteiger partial charge in [0.15, 0.2) is 0 Å². The molecule has 0 fully saturated rings. The Bertz CT molecular complexity index is 284. The Hall–Kier alpha value is -0.240. The van der Waals surface area contributed by atoms with E-state index in [1.165, 1.54) is 0 Å². The van der Waals surface area contributed by atoms with Crippen LogP contribution in [-0.4, -0.2) is 11.2 Å². The molecular weight excluding hydrogens is 207 g/mol. The molecule has 0 aliphatic heterocycles. The molecule has 0 saturated heterocycles. The maximum atomic E-state index is 9.10. The van der Waals surface area contributed by atoms with E-state index in [0.29, 0.717) is 16.5 Å². The Kier molecular flexibility index (Phi) is 4.04. The molecule has 0 aromatic heterocycles. The van der Waals surface area contributed by atoms with Crippen molar-refractivity contribution in [2.24, 2.45) is 0 Å². The predicted molar refractivity (Wildman–Crippen MR) is 56.5 cm³/mol. The monoisotopic (exact) mass is 218 g/mol. The Morgan fingerprint density at radius 2 is 2.08 bits per heavy atom. The molecule has 1 nitrogen and oxygen atoms in total. The normalized spacial score (nSPS) is 12.9. The van der Waals surface area contributed by atoms with Crippen LogP contribution in [0, 0.1) is 0 Å². The fourth-order valence-electron chi connectivity index (χ4n) is 1.11. The number of hydrogen-bond acceptors (Lipinski definition) is 1. The fourth-order valence-corrected chi connectivity index (χ4v) is 1.52. The lowest BCUT2D eigenvalue weighted by atomic mass is 10.1. The molecule has 0 spiro atoms. The van der Waals surface area contributed by atoms with E-state index in [1.54, 1.807) is 13.0 Å². The number of aliphatic hydroxyl groups is 1. The van der Waals surface area contributed by atoms with Gasteiger partial charge in [-0.15, -0.1) is 0 Å². The average molecular weight is 219 g/mol. The summed E-state index contributed by atoms with van der Waals surface area (Å²) in [6.45, 7) is 1.76. The number of aryl methyl sites for hydroxylation is 1. The van der Waals surface area contributed by atoms with Gasteiger partial charge in [0, 0.05) is 0 Å². The Labute approximate surface area is 88.3 Å². The van der Waals surface area contributed by atoms with Crippen molar-refractivity contribution in [3.05, 3.63) is 33.8 Å². The summed E-state index contributed by atoms with van der Waals surface area (Å²) in [6.07, 6.45) is 1.17. The van der Waals surface area contributed by atoms with Gasteiger partial charge in [-0.05, 0) is 31.4 Å². The number of halogens is 2. The first-order valence-corrected chi connectivity index (χ1v) is 4.98. The molecule has 0 bridgehead atoms. The highest BCUT2D eigenvalue weighted by molar-refractivity contribution is 6.42. The van der Waals surface area contributed by atoms with E-state index in [0.717, 1.165) is 12.0 Å². The van der Waals surface area contributed by atoms with Gasteiger partial charge in [0.1, 0.15) is 0 Å². The van der Waals surface area contributed by atoms with Crippen LogP contribution in [0.4, 0.5) is 0 Å². The molecule has 1 rings (SSSR count). The molecule has 3 heteroatoms. The predicted octanol–water partition coefficient (Wildman–Crippen LogP) is 3.31. The van der Waals surface area contributed by atoms with Crippen LogP contribution in [0.3, 0.4) is 0 Å². The number of rotatable bonds is 3. The summed E-state index contributed by atoms with van der Waals surface area (Å²) in [5.74, 6) is 0. The molecular formula is C10H12Cl2O. The second-order valence-electron chi connectivity index (χ2n) is 3.10. The van der Waals surface area contributed by atoms with Gasteiger partial charge in [-0.1, -0.05) is 35.3 Å². The molecule has 0 aliphatic carbocycles. The van der Waals surface area contributed by atoms with E-state index in [2.05, 4.69) is 0 Å². The second kappa shape index (κ2) is 4.85. The molecule has 1 N–H and O–H groups in total. The number of benzene rings is 1. The molecule has 0 aliphatic rings. The van der Waals surface area contributed by atoms with Crippen LogP contribution < -0.4 is 0 Å². The molecule has 1 aromatic carbocycles. The van der Waals surface area contributed by atoms with Crippen molar-refractivity contribution >= 4 is 23.2 Å². The minimum absolute atomic E-state index is 0.296. The Morgan fingerprint density at radius 3 is 2.69 bits per heavy atom. The second-order valence-corrected chi connectivity index (χ2v) is 3.89. The quantitative estimate of drug-likeness (QED) is 0.826. The molecule has 13 heavy (non-hydrogen) atoms. The third-order valence-corrected chi connectivity index (χ3v) is 2.72. The molecule has 72 valence electrons. The lowest BCUT2D eigenvalue weighted by Gasteiger charge is -2.06. The maximum Gasteiger partial charge on any atom is 0.0624 e. The summed E-state index contributed by atoms with van der Waals surface area (Å²) in [7, 11) is 0. The largest absolute Gasteiger partial charge is 0.393 e. The van der Waals surface area contributed by atoms with Crippen LogP contribution in [0.5, 0.6) is 0 Å². The van der Waals surface area contributed by atoms with Crippen LogP contribution in [0.25, 0.3) is 0 Å². The molecule has 1 atom stereocenters. The van der Waals surface area contributed by atoms with Gasteiger partial charge in [-0.25, -0.2) is 0 Å². The summed E-state index contributed by atoms with van der Waals surface area (Å²) >= 11 is 11.8. The standard InChI is InChI=1S/C10H12Cl2O/c1-7(13)5-6-8-3-2-4-9(11)10(8)12/h2-4,7,13H,5-6H2,1H3. The van der Waals surface area contributed by atoms with Crippen molar-refractivity contribution in [2.45, 2.75) is 25.9 Å². The molecule has 0 heterocycles. The van der Waals surface area contributed by atoms with Crippen molar-refractivity contribution in [1.82, 2.24) is 0 Å². The first-order valence-electron chi connectivity index (χ1n) is 4.22. The first kappa shape index (κ1) is 10.8. The molecule has 0 radical (unpaired) electrons. The van der Waals surface area contributed by atoms with E-state index >= 15 is 0 Å². The smallest absolute Gasteiger partial charge is 0.0624 e. The lowest BCUT2D eigenvalue weighted by Crippen LogP contribution is -2.01. The van der Waals surface area contributed by atoms with Crippen LogP contribution in [0.15, 0.2) is 18.2 Å². The van der Waals surface area contributed by atoms with E-state index in [9.17, 15) is 0 Å². The topological polar surface area (TPSA) is 20.2 Å². The number of aliphatic hydroxyl groups excluding tert-OH is 1. The first-order chi connectivity index (χ1) is 6.11. The Morgan fingerprint density at radius 1 is 1.38 bits per heavy atom. The van der Waals surface area contributed by atoms with Crippen molar-refractivity contribution in [1.29, 1.82) is 0 Å². The summed E-state index contributed by atoms with van der Waals surface area (Å²) in [6, 6.07) is 5.55. The zero-order chi connectivity index (χ0) is 9.84.